The monoisotopic (exact) mass is 275 g/mol. The van der Waals surface area contributed by atoms with Crippen LogP contribution >= 0.6 is 0 Å². The zero-order valence-corrected chi connectivity index (χ0v) is 12.4. The molecule has 0 bridgehead atoms. The number of nitrogens with zero attached hydrogens (tertiary/aromatic N) is 4. The molecule has 0 aliphatic heterocycles. The van der Waals surface area contributed by atoms with Gasteiger partial charge in [-0.3, -0.25) is 4.68 Å². The van der Waals surface area contributed by atoms with Crippen molar-refractivity contribution in [3.05, 3.63) is 29.7 Å². The molecule has 6 heteroatoms. The van der Waals surface area contributed by atoms with Crippen LogP contribution in [0.3, 0.4) is 0 Å². The minimum Gasteiger partial charge on any atom is -0.475 e. The minimum atomic E-state index is 0.103. The average molecular weight is 275 g/mol. The van der Waals surface area contributed by atoms with Gasteiger partial charge >= 0.3 is 0 Å². The summed E-state index contributed by atoms with van der Waals surface area (Å²) in [5, 5.41) is 7.36. The molecular weight excluding hydrogens is 254 g/mol. The average Bonchev–Trinajstić information content (AvgIpc) is 2.73. The summed E-state index contributed by atoms with van der Waals surface area (Å²) in [5.74, 6) is 1.21. The normalized spacial score (nSPS) is 10.8. The molecule has 0 saturated carbocycles. The fourth-order valence-corrected chi connectivity index (χ4v) is 1.87. The van der Waals surface area contributed by atoms with Crippen molar-refractivity contribution in [1.29, 1.82) is 0 Å². The van der Waals surface area contributed by atoms with E-state index in [4.69, 9.17) is 4.74 Å². The second-order valence-corrected chi connectivity index (χ2v) is 4.96. The van der Waals surface area contributed by atoms with Gasteiger partial charge < -0.3 is 10.1 Å². The molecule has 20 heavy (non-hydrogen) atoms. The first kappa shape index (κ1) is 14.3. The maximum absolute atomic E-state index is 5.60. The first-order valence-electron chi connectivity index (χ1n) is 6.77. The molecule has 0 aromatic carbocycles. The maximum atomic E-state index is 5.60. The lowest BCUT2D eigenvalue weighted by atomic mass is 10.3. The maximum Gasteiger partial charge on any atom is 0.226 e. The van der Waals surface area contributed by atoms with Gasteiger partial charge in [-0.05, 0) is 26.8 Å². The molecule has 0 fully saturated rings. The van der Waals surface area contributed by atoms with Crippen molar-refractivity contribution in [1.82, 2.24) is 19.7 Å². The summed E-state index contributed by atoms with van der Waals surface area (Å²) in [5.41, 5.74) is 2.06. The number of ether oxygens (including phenoxy) is 1. The highest BCUT2D eigenvalue weighted by atomic mass is 16.5. The zero-order chi connectivity index (χ0) is 14.5. The molecule has 2 aromatic rings. The number of aryl methyl sites for hydroxylation is 2. The van der Waals surface area contributed by atoms with Crippen molar-refractivity contribution in [2.24, 2.45) is 7.05 Å². The van der Waals surface area contributed by atoms with E-state index >= 15 is 0 Å². The van der Waals surface area contributed by atoms with E-state index in [0.717, 1.165) is 18.7 Å². The smallest absolute Gasteiger partial charge is 0.226 e. The Morgan fingerprint density at radius 1 is 1.35 bits per heavy atom. The van der Waals surface area contributed by atoms with Crippen molar-refractivity contribution in [3.8, 4) is 5.88 Å². The molecule has 2 heterocycles. The van der Waals surface area contributed by atoms with Crippen molar-refractivity contribution >= 4 is 5.95 Å². The molecule has 0 radical (unpaired) electrons. The molecule has 0 unspecified atom stereocenters. The Hall–Kier alpha value is -2.11. The second kappa shape index (κ2) is 6.36. The molecular formula is C14H21N5O. The first-order valence-corrected chi connectivity index (χ1v) is 6.77. The van der Waals surface area contributed by atoms with E-state index in [2.05, 4.69) is 20.4 Å². The Labute approximate surface area is 119 Å². The van der Waals surface area contributed by atoms with E-state index in [1.165, 1.54) is 5.69 Å². The quantitative estimate of drug-likeness (QED) is 0.873. The summed E-state index contributed by atoms with van der Waals surface area (Å²) < 4.78 is 7.47. The molecule has 0 spiro atoms. The molecule has 0 amide bonds. The second-order valence-electron chi connectivity index (χ2n) is 4.96. The summed E-state index contributed by atoms with van der Waals surface area (Å²) in [6.45, 7) is 6.64. The molecule has 2 aromatic heterocycles. The summed E-state index contributed by atoms with van der Waals surface area (Å²) in [7, 11) is 1.94. The van der Waals surface area contributed by atoms with Crippen molar-refractivity contribution in [2.45, 2.75) is 33.3 Å². The number of hydrogen-bond donors (Lipinski definition) is 1. The largest absolute Gasteiger partial charge is 0.475 e. The van der Waals surface area contributed by atoms with Crippen LogP contribution in [0, 0.1) is 6.92 Å². The SMILES string of the molecule is Cc1cc(OC(C)C)nc(NCCc2ccnn2C)n1. The van der Waals surface area contributed by atoms with Crippen LogP contribution in [0.1, 0.15) is 25.2 Å². The van der Waals surface area contributed by atoms with Crippen LogP contribution in [0.15, 0.2) is 18.3 Å². The van der Waals surface area contributed by atoms with Gasteiger partial charge in [0.15, 0.2) is 0 Å². The van der Waals surface area contributed by atoms with Gasteiger partial charge in [0, 0.05) is 43.7 Å². The highest BCUT2D eigenvalue weighted by Gasteiger charge is 2.05. The van der Waals surface area contributed by atoms with E-state index in [0.29, 0.717) is 11.8 Å². The minimum absolute atomic E-state index is 0.103. The van der Waals surface area contributed by atoms with E-state index in [9.17, 15) is 0 Å². The lowest BCUT2D eigenvalue weighted by molar-refractivity contribution is 0.232. The fraction of sp³-hybridized carbons (Fsp3) is 0.500. The highest BCUT2D eigenvalue weighted by Crippen LogP contribution is 2.13. The van der Waals surface area contributed by atoms with Gasteiger partial charge in [-0.1, -0.05) is 0 Å². The van der Waals surface area contributed by atoms with Crippen LogP contribution < -0.4 is 10.1 Å². The van der Waals surface area contributed by atoms with E-state index in [-0.39, 0.29) is 6.10 Å². The summed E-state index contributed by atoms with van der Waals surface area (Å²) in [6.07, 6.45) is 2.77. The van der Waals surface area contributed by atoms with Gasteiger partial charge in [0.05, 0.1) is 6.10 Å². The standard InChI is InChI=1S/C14H21N5O/c1-10(2)20-13-9-11(3)17-14(18-13)15-7-5-12-6-8-16-19(12)4/h6,8-10H,5,7H2,1-4H3,(H,15,17,18). The Bertz CT molecular complexity index is 564. The Morgan fingerprint density at radius 2 is 2.15 bits per heavy atom. The molecule has 108 valence electrons. The molecule has 0 saturated heterocycles. The van der Waals surface area contributed by atoms with E-state index in [1.54, 1.807) is 6.20 Å². The number of aromatic nitrogens is 4. The molecule has 0 aliphatic rings. The first-order chi connectivity index (χ1) is 9.54. The Morgan fingerprint density at radius 3 is 2.80 bits per heavy atom. The van der Waals surface area contributed by atoms with Gasteiger partial charge in [0.2, 0.25) is 11.8 Å². The molecule has 1 N–H and O–H groups in total. The van der Waals surface area contributed by atoms with Crippen LogP contribution in [-0.2, 0) is 13.5 Å². The van der Waals surface area contributed by atoms with E-state index in [1.807, 2.05) is 44.6 Å². The third-order valence-corrected chi connectivity index (χ3v) is 2.77. The number of nitrogens with one attached hydrogen (secondary N) is 1. The number of rotatable bonds is 6. The van der Waals surface area contributed by atoms with Crippen molar-refractivity contribution < 1.29 is 4.74 Å². The van der Waals surface area contributed by atoms with E-state index < -0.39 is 0 Å². The molecule has 6 nitrogen and oxygen atoms in total. The van der Waals surface area contributed by atoms with Gasteiger partial charge in [-0.2, -0.15) is 10.1 Å². The summed E-state index contributed by atoms with van der Waals surface area (Å²) in [4.78, 5) is 8.71. The van der Waals surface area contributed by atoms with Gasteiger partial charge in [0.25, 0.3) is 0 Å². The predicted molar refractivity (Wildman–Crippen MR) is 77.9 cm³/mol. The third kappa shape index (κ3) is 3.94. The molecule has 0 aliphatic carbocycles. The van der Waals surface area contributed by atoms with Crippen molar-refractivity contribution in [2.75, 3.05) is 11.9 Å². The third-order valence-electron chi connectivity index (χ3n) is 2.77. The topological polar surface area (TPSA) is 64.9 Å². The van der Waals surface area contributed by atoms with Crippen LogP contribution in [0.25, 0.3) is 0 Å². The number of hydrogen-bond acceptors (Lipinski definition) is 5. The fourth-order valence-electron chi connectivity index (χ4n) is 1.87. The lowest BCUT2D eigenvalue weighted by Gasteiger charge is -2.11. The van der Waals surface area contributed by atoms with Gasteiger partial charge in [-0.25, -0.2) is 4.98 Å². The van der Waals surface area contributed by atoms with Crippen LogP contribution in [-0.4, -0.2) is 32.4 Å². The van der Waals surface area contributed by atoms with Crippen molar-refractivity contribution in [3.63, 3.8) is 0 Å². The van der Waals surface area contributed by atoms with Gasteiger partial charge in [-0.15, -0.1) is 0 Å². The van der Waals surface area contributed by atoms with Crippen LogP contribution in [0.5, 0.6) is 5.88 Å². The van der Waals surface area contributed by atoms with Gasteiger partial charge in [0.1, 0.15) is 0 Å². The summed E-state index contributed by atoms with van der Waals surface area (Å²) >= 11 is 0. The predicted octanol–water partition coefficient (Wildman–Crippen LogP) is 1.96. The molecule has 2 rings (SSSR count). The Kier molecular flexibility index (Phi) is 4.55. The summed E-state index contributed by atoms with van der Waals surface area (Å²) in [6, 6.07) is 3.85. The van der Waals surface area contributed by atoms with Crippen LogP contribution in [0.2, 0.25) is 0 Å². The highest BCUT2D eigenvalue weighted by molar-refractivity contribution is 5.30. The van der Waals surface area contributed by atoms with Crippen LogP contribution in [0.4, 0.5) is 5.95 Å². The molecule has 0 atom stereocenters. The number of anilines is 1. The lowest BCUT2D eigenvalue weighted by Crippen LogP contribution is -2.13. The Balaban J connectivity index is 1.95. The zero-order valence-electron chi connectivity index (χ0n) is 12.4.